The third-order valence-electron chi connectivity index (χ3n) is 5.56. The zero-order chi connectivity index (χ0) is 21.6. The lowest BCUT2D eigenvalue weighted by Gasteiger charge is -2.12. The van der Waals surface area contributed by atoms with Gasteiger partial charge in [-0.1, -0.05) is 110 Å². The number of carboxylic acid groups (broad SMARTS) is 1. The molecule has 0 aromatic rings. The molecular weight excluding hydrogens is 366 g/mol. The van der Waals surface area contributed by atoms with Gasteiger partial charge in [0.05, 0.1) is 0 Å². The van der Waals surface area contributed by atoms with Crippen LogP contribution in [0.3, 0.4) is 0 Å². The van der Waals surface area contributed by atoms with E-state index in [0.29, 0.717) is 6.42 Å². The molecule has 0 aromatic carbocycles. The van der Waals surface area contributed by atoms with E-state index >= 15 is 0 Å². The van der Waals surface area contributed by atoms with Crippen LogP contribution in [0.25, 0.3) is 0 Å². The summed E-state index contributed by atoms with van der Waals surface area (Å²) in [5.41, 5.74) is 0. The third kappa shape index (κ3) is 20.0. The summed E-state index contributed by atoms with van der Waals surface area (Å²) < 4.78 is 0. The van der Waals surface area contributed by atoms with Crippen LogP contribution in [0.15, 0.2) is 0 Å². The highest BCUT2D eigenvalue weighted by Crippen LogP contribution is 2.14. The Morgan fingerprint density at radius 2 is 1.07 bits per heavy atom. The zero-order valence-corrected chi connectivity index (χ0v) is 18.9. The van der Waals surface area contributed by atoms with E-state index in [-0.39, 0.29) is 18.9 Å². The standard InChI is InChI=1S/C24H47NO4/c1-2-3-4-5-6-7-8-9-10-11-12-13-14-15-16-17-18-19-23(27)25-22(20-21-26)24(28)29/h22,26H,2-21H2,1H3,(H,25,27)(H,28,29)/t22-/m0/s1. The number of carbonyl (C=O) groups is 2. The van der Waals surface area contributed by atoms with Crippen molar-refractivity contribution < 1.29 is 19.8 Å². The molecular formula is C24H47NO4. The molecule has 0 bridgehead atoms. The number of rotatable bonds is 22. The van der Waals surface area contributed by atoms with Crippen molar-refractivity contribution in [1.29, 1.82) is 0 Å². The Hall–Kier alpha value is -1.10. The largest absolute Gasteiger partial charge is 0.480 e. The van der Waals surface area contributed by atoms with Crippen LogP contribution >= 0.6 is 0 Å². The molecule has 0 fully saturated rings. The number of aliphatic hydroxyl groups excluding tert-OH is 1. The van der Waals surface area contributed by atoms with Crippen LogP contribution in [0.2, 0.25) is 0 Å². The van der Waals surface area contributed by atoms with Crippen LogP contribution in [-0.4, -0.2) is 34.7 Å². The molecule has 0 saturated heterocycles. The molecule has 5 heteroatoms. The summed E-state index contributed by atoms with van der Waals surface area (Å²) in [5, 5.41) is 20.2. The predicted octanol–water partition coefficient (Wildman–Crippen LogP) is 5.98. The minimum absolute atomic E-state index is 0.0557. The number of amides is 1. The molecule has 0 saturated carbocycles. The Kier molecular flexibility index (Phi) is 20.8. The molecule has 1 amide bonds. The van der Waals surface area contributed by atoms with E-state index in [1.165, 1.54) is 89.9 Å². The van der Waals surface area contributed by atoms with Crippen molar-refractivity contribution in [3.05, 3.63) is 0 Å². The molecule has 0 spiro atoms. The van der Waals surface area contributed by atoms with Crippen LogP contribution in [0.1, 0.15) is 129 Å². The summed E-state index contributed by atoms with van der Waals surface area (Å²) in [6.45, 7) is 2.03. The maximum Gasteiger partial charge on any atom is 0.326 e. The maximum absolute atomic E-state index is 11.7. The summed E-state index contributed by atoms with van der Waals surface area (Å²) in [6, 6.07) is -0.974. The summed E-state index contributed by atoms with van der Waals surface area (Å²) in [4.78, 5) is 22.7. The number of aliphatic hydroxyl groups is 1. The van der Waals surface area contributed by atoms with Crippen LogP contribution in [0.4, 0.5) is 0 Å². The van der Waals surface area contributed by atoms with Crippen molar-refractivity contribution in [2.24, 2.45) is 0 Å². The highest BCUT2D eigenvalue weighted by atomic mass is 16.4. The smallest absolute Gasteiger partial charge is 0.326 e. The fraction of sp³-hybridized carbons (Fsp3) is 0.917. The Bertz CT molecular complexity index is 387. The molecule has 0 aromatic heterocycles. The lowest BCUT2D eigenvalue weighted by molar-refractivity contribution is -0.142. The first kappa shape index (κ1) is 27.9. The normalized spacial score (nSPS) is 12.1. The molecule has 172 valence electrons. The molecule has 29 heavy (non-hydrogen) atoms. The molecule has 3 N–H and O–H groups in total. The third-order valence-corrected chi connectivity index (χ3v) is 5.56. The molecule has 0 aliphatic rings. The molecule has 0 rings (SSSR count). The lowest BCUT2D eigenvalue weighted by atomic mass is 10.0. The second-order valence-corrected chi connectivity index (χ2v) is 8.38. The second-order valence-electron chi connectivity index (χ2n) is 8.38. The summed E-state index contributed by atoms with van der Waals surface area (Å²) in [7, 11) is 0. The van der Waals surface area contributed by atoms with E-state index in [1.807, 2.05) is 0 Å². The van der Waals surface area contributed by atoms with Crippen molar-refractivity contribution in [3.8, 4) is 0 Å². The fourth-order valence-corrected chi connectivity index (χ4v) is 3.66. The van der Waals surface area contributed by atoms with E-state index in [2.05, 4.69) is 12.2 Å². The summed E-state index contributed by atoms with van der Waals surface area (Å²) >= 11 is 0. The Morgan fingerprint density at radius 1 is 0.690 bits per heavy atom. The van der Waals surface area contributed by atoms with E-state index in [0.717, 1.165) is 19.3 Å². The summed E-state index contributed by atoms with van der Waals surface area (Å²) in [5.74, 6) is -1.32. The van der Waals surface area contributed by atoms with Crippen LogP contribution in [-0.2, 0) is 9.59 Å². The Balaban J connectivity index is 3.29. The van der Waals surface area contributed by atoms with Gasteiger partial charge in [-0.25, -0.2) is 4.79 Å². The zero-order valence-electron chi connectivity index (χ0n) is 18.9. The number of hydrogen-bond donors (Lipinski definition) is 3. The molecule has 0 heterocycles. The van der Waals surface area contributed by atoms with Gasteiger partial charge in [-0.15, -0.1) is 0 Å². The Morgan fingerprint density at radius 3 is 1.41 bits per heavy atom. The van der Waals surface area contributed by atoms with Gasteiger partial charge in [-0.05, 0) is 6.42 Å². The lowest BCUT2D eigenvalue weighted by Crippen LogP contribution is -2.41. The van der Waals surface area contributed by atoms with Gasteiger partial charge >= 0.3 is 5.97 Å². The fourth-order valence-electron chi connectivity index (χ4n) is 3.66. The monoisotopic (exact) mass is 413 g/mol. The van der Waals surface area contributed by atoms with Gasteiger partial charge in [0, 0.05) is 19.4 Å². The van der Waals surface area contributed by atoms with Crippen LogP contribution in [0.5, 0.6) is 0 Å². The van der Waals surface area contributed by atoms with Gasteiger partial charge in [0.15, 0.2) is 0 Å². The highest BCUT2D eigenvalue weighted by Gasteiger charge is 2.18. The predicted molar refractivity (Wildman–Crippen MR) is 120 cm³/mol. The summed E-state index contributed by atoms with van der Waals surface area (Å²) in [6.07, 6.45) is 22.5. The van der Waals surface area contributed by atoms with Crippen molar-refractivity contribution in [2.75, 3.05) is 6.61 Å². The highest BCUT2D eigenvalue weighted by molar-refractivity contribution is 5.83. The van der Waals surface area contributed by atoms with Crippen molar-refractivity contribution in [1.82, 2.24) is 5.32 Å². The van der Waals surface area contributed by atoms with E-state index in [1.54, 1.807) is 0 Å². The minimum Gasteiger partial charge on any atom is -0.480 e. The average Bonchev–Trinajstić information content (AvgIpc) is 2.70. The van der Waals surface area contributed by atoms with Crippen molar-refractivity contribution in [2.45, 2.75) is 135 Å². The Labute approximate surface area is 179 Å². The van der Waals surface area contributed by atoms with E-state index < -0.39 is 12.0 Å². The van der Waals surface area contributed by atoms with Gasteiger partial charge in [-0.3, -0.25) is 4.79 Å². The van der Waals surface area contributed by atoms with Gasteiger partial charge in [-0.2, -0.15) is 0 Å². The first-order valence-electron chi connectivity index (χ1n) is 12.2. The number of nitrogens with one attached hydrogen (secondary N) is 1. The second kappa shape index (κ2) is 21.6. The van der Waals surface area contributed by atoms with E-state index in [4.69, 9.17) is 10.2 Å². The van der Waals surface area contributed by atoms with Crippen molar-refractivity contribution in [3.63, 3.8) is 0 Å². The molecule has 0 radical (unpaired) electrons. The van der Waals surface area contributed by atoms with Gasteiger partial charge < -0.3 is 15.5 Å². The first-order chi connectivity index (χ1) is 14.1. The quantitative estimate of drug-likeness (QED) is 0.191. The van der Waals surface area contributed by atoms with Crippen molar-refractivity contribution >= 4 is 11.9 Å². The molecule has 0 unspecified atom stereocenters. The number of carboxylic acids is 1. The van der Waals surface area contributed by atoms with Gasteiger partial charge in [0.1, 0.15) is 6.04 Å². The first-order valence-corrected chi connectivity index (χ1v) is 12.2. The van der Waals surface area contributed by atoms with Gasteiger partial charge in [0.25, 0.3) is 0 Å². The SMILES string of the molecule is CCCCCCCCCCCCCCCCCCCC(=O)N[C@@H](CCO)C(=O)O. The van der Waals surface area contributed by atoms with Crippen LogP contribution in [0, 0.1) is 0 Å². The molecule has 0 aliphatic heterocycles. The minimum atomic E-state index is -1.09. The molecule has 5 nitrogen and oxygen atoms in total. The van der Waals surface area contributed by atoms with Gasteiger partial charge in [0.2, 0.25) is 5.91 Å². The molecule has 1 atom stereocenters. The van der Waals surface area contributed by atoms with Crippen LogP contribution < -0.4 is 5.32 Å². The number of hydrogen-bond acceptors (Lipinski definition) is 3. The number of carbonyl (C=O) groups excluding carboxylic acids is 1. The van der Waals surface area contributed by atoms with E-state index in [9.17, 15) is 9.59 Å². The average molecular weight is 414 g/mol. The number of aliphatic carboxylic acids is 1. The topological polar surface area (TPSA) is 86.6 Å². The maximum atomic E-state index is 11.7. The molecule has 0 aliphatic carbocycles. The number of unbranched alkanes of at least 4 members (excludes halogenated alkanes) is 16.